The van der Waals surface area contributed by atoms with Gasteiger partial charge in [0.05, 0.1) is 11.3 Å². The molecular weight excluding hydrogens is 432 g/mol. The van der Waals surface area contributed by atoms with Crippen molar-refractivity contribution in [3.63, 3.8) is 0 Å². The number of anilines is 2. The van der Waals surface area contributed by atoms with Gasteiger partial charge >= 0.3 is 0 Å². The SMILES string of the molecule is CN(C)c1ccc2c3c(cccc13)C(=O)N(CCNCCN1C(=O)C(=O)c3ccccc31)C2=O. The number of nitrogens with zero attached hydrogens (tertiary/aromatic N) is 3. The molecule has 5 rings (SSSR count). The van der Waals surface area contributed by atoms with Crippen LogP contribution < -0.4 is 15.1 Å². The van der Waals surface area contributed by atoms with Crippen LogP contribution in [-0.2, 0) is 4.79 Å². The van der Waals surface area contributed by atoms with Crippen LogP contribution in [0.4, 0.5) is 11.4 Å². The van der Waals surface area contributed by atoms with E-state index < -0.39 is 11.7 Å². The Morgan fingerprint density at radius 3 is 2.09 bits per heavy atom. The molecule has 0 aromatic heterocycles. The van der Waals surface area contributed by atoms with Gasteiger partial charge in [-0.1, -0.05) is 24.3 Å². The zero-order valence-electron chi connectivity index (χ0n) is 19.0. The van der Waals surface area contributed by atoms with Crippen molar-refractivity contribution in [3.05, 3.63) is 71.3 Å². The van der Waals surface area contributed by atoms with Gasteiger partial charge in [0.2, 0.25) is 0 Å². The molecule has 2 heterocycles. The summed E-state index contributed by atoms with van der Waals surface area (Å²) in [7, 11) is 3.86. The highest BCUT2D eigenvalue weighted by Crippen LogP contribution is 2.35. The van der Waals surface area contributed by atoms with Crippen LogP contribution in [-0.4, -0.2) is 68.7 Å². The molecule has 0 saturated carbocycles. The summed E-state index contributed by atoms with van der Waals surface area (Å²) < 4.78 is 0. The van der Waals surface area contributed by atoms with Gasteiger partial charge in [-0.25, -0.2) is 0 Å². The molecule has 8 nitrogen and oxygen atoms in total. The standard InChI is InChI=1S/C26H24N4O4/c1-28(2)20-11-10-19-22-16(20)7-5-8-18(22)24(32)30(25(19)33)15-13-27-12-14-29-21-9-4-3-6-17(21)23(31)26(29)34/h3-11,27H,12-15H2,1-2H3. The van der Waals surface area contributed by atoms with E-state index in [0.717, 1.165) is 11.1 Å². The van der Waals surface area contributed by atoms with E-state index in [9.17, 15) is 19.2 Å². The number of amides is 3. The molecule has 0 radical (unpaired) electrons. The number of fused-ring (bicyclic) bond motifs is 1. The molecule has 0 fully saturated rings. The van der Waals surface area contributed by atoms with E-state index in [-0.39, 0.29) is 18.4 Å². The lowest BCUT2D eigenvalue weighted by Crippen LogP contribution is -2.45. The van der Waals surface area contributed by atoms with Crippen LogP contribution in [0, 0.1) is 0 Å². The summed E-state index contributed by atoms with van der Waals surface area (Å²) in [5.74, 6) is -1.65. The van der Waals surface area contributed by atoms with Gasteiger partial charge in [-0.3, -0.25) is 24.1 Å². The number of ketones is 1. The van der Waals surface area contributed by atoms with Gasteiger partial charge in [-0.2, -0.15) is 0 Å². The van der Waals surface area contributed by atoms with Crippen LogP contribution >= 0.6 is 0 Å². The lowest BCUT2D eigenvalue weighted by molar-refractivity contribution is -0.114. The molecule has 172 valence electrons. The van der Waals surface area contributed by atoms with Crippen molar-refractivity contribution in [1.82, 2.24) is 10.2 Å². The Labute approximate surface area is 196 Å². The summed E-state index contributed by atoms with van der Waals surface area (Å²) in [6.45, 7) is 1.31. The largest absolute Gasteiger partial charge is 0.377 e. The normalized spacial score (nSPS) is 14.9. The van der Waals surface area contributed by atoms with Crippen LogP contribution in [0.15, 0.2) is 54.6 Å². The molecule has 0 saturated heterocycles. The molecule has 34 heavy (non-hydrogen) atoms. The fraction of sp³-hybridized carbons (Fsp3) is 0.231. The highest BCUT2D eigenvalue weighted by Gasteiger charge is 2.35. The smallest absolute Gasteiger partial charge is 0.299 e. The molecule has 3 aromatic carbocycles. The number of carbonyl (C=O) groups excluding carboxylic acids is 4. The van der Waals surface area contributed by atoms with Gasteiger partial charge in [-0.15, -0.1) is 0 Å². The quantitative estimate of drug-likeness (QED) is 0.333. The van der Waals surface area contributed by atoms with Gasteiger partial charge in [0, 0.05) is 67.9 Å². The third-order valence-corrected chi connectivity index (χ3v) is 6.35. The summed E-state index contributed by atoms with van der Waals surface area (Å²) in [5.41, 5.74) is 3.03. The minimum Gasteiger partial charge on any atom is -0.377 e. The lowest BCUT2D eigenvalue weighted by atomic mass is 9.93. The molecule has 0 spiro atoms. The first-order valence-electron chi connectivity index (χ1n) is 11.2. The van der Waals surface area contributed by atoms with Crippen molar-refractivity contribution in [3.8, 4) is 0 Å². The predicted octanol–water partition coefficient (Wildman–Crippen LogP) is 2.32. The van der Waals surface area contributed by atoms with E-state index in [1.165, 1.54) is 9.80 Å². The maximum atomic E-state index is 13.2. The summed E-state index contributed by atoms with van der Waals surface area (Å²) >= 11 is 0. The molecule has 0 bridgehead atoms. The summed E-state index contributed by atoms with van der Waals surface area (Å²) in [4.78, 5) is 55.4. The van der Waals surface area contributed by atoms with Gasteiger partial charge < -0.3 is 15.1 Å². The number of benzene rings is 3. The fourth-order valence-corrected chi connectivity index (χ4v) is 4.70. The van der Waals surface area contributed by atoms with Crippen molar-refractivity contribution in [1.29, 1.82) is 0 Å². The van der Waals surface area contributed by atoms with Crippen LogP contribution in [0.25, 0.3) is 10.8 Å². The number of rotatable bonds is 7. The molecule has 2 aliphatic heterocycles. The molecule has 2 aliphatic rings. The molecule has 8 heteroatoms. The lowest BCUT2D eigenvalue weighted by Gasteiger charge is -2.28. The van der Waals surface area contributed by atoms with Gasteiger partial charge in [0.1, 0.15) is 0 Å². The average molecular weight is 457 g/mol. The minimum atomic E-state index is -0.536. The number of para-hydroxylation sites is 1. The minimum absolute atomic E-state index is 0.201. The molecule has 3 aromatic rings. The number of nitrogens with one attached hydrogen (secondary N) is 1. The third kappa shape index (κ3) is 3.34. The predicted molar refractivity (Wildman–Crippen MR) is 130 cm³/mol. The fourth-order valence-electron chi connectivity index (χ4n) is 4.70. The van der Waals surface area contributed by atoms with Crippen LogP contribution in [0.5, 0.6) is 0 Å². The average Bonchev–Trinajstić information content (AvgIpc) is 3.08. The Hall–Kier alpha value is -4.04. The van der Waals surface area contributed by atoms with Crippen LogP contribution in [0.2, 0.25) is 0 Å². The van der Waals surface area contributed by atoms with Crippen molar-refractivity contribution in [2.45, 2.75) is 0 Å². The first-order valence-corrected chi connectivity index (χ1v) is 11.2. The van der Waals surface area contributed by atoms with E-state index >= 15 is 0 Å². The van der Waals surface area contributed by atoms with Gasteiger partial charge in [-0.05, 0) is 30.3 Å². The number of hydrogen-bond donors (Lipinski definition) is 1. The number of Topliss-reactive ketones (excluding diaryl/α,β-unsaturated/α-hetero) is 1. The molecule has 3 amide bonds. The van der Waals surface area contributed by atoms with Crippen molar-refractivity contribution in [2.24, 2.45) is 0 Å². The Bertz CT molecular complexity index is 1340. The summed E-state index contributed by atoms with van der Waals surface area (Å²) in [6, 6.07) is 16.1. The Morgan fingerprint density at radius 1 is 0.706 bits per heavy atom. The number of hydrogen-bond acceptors (Lipinski definition) is 6. The van der Waals surface area contributed by atoms with E-state index in [1.807, 2.05) is 37.2 Å². The maximum absolute atomic E-state index is 13.2. The Morgan fingerprint density at radius 2 is 1.35 bits per heavy atom. The van der Waals surface area contributed by atoms with Crippen molar-refractivity contribution >= 4 is 45.7 Å². The molecule has 0 aliphatic carbocycles. The first kappa shape index (κ1) is 21.8. The second-order valence-electron chi connectivity index (χ2n) is 8.57. The first-order chi connectivity index (χ1) is 16.4. The summed E-state index contributed by atoms with van der Waals surface area (Å²) in [6.07, 6.45) is 0. The Balaban J connectivity index is 1.25. The van der Waals surface area contributed by atoms with Gasteiger partial charge in [0.25, 0.3) is 23.5 Å². The summed E-state index contributed by atoms with van der Waals surface area (Å²) in [5, 5.41) is 4.76. The Kier molecular flexibility index (Phi) is 5.37. The van der Waals surface area contributed by atoms with E-state index in [4.69, 9.17) is 0 Å². The van der Waals surface area contributed by atoms with E-state index in [2.05, 4.69) is 5.32 Å². The molecule has 1 N–H and O–H groups in total. The van der Waals surface area contributed by atoms with Crippen molar-refractivity contribution < 1.29 is 19.2 Å². The highest BCUT2D eigenvalue weighted by molar-refractivity contribution is 6.52. The van der Waals surface area contributed by atoms with Crippen LogP contribution in [0.3, 0.4) is 0 Å². The zero-order chi connectivity index (χ0) is 24.0. The number of carbonyl (C=O) groups is 4. The molecule has 0 atom stereocenters. The number of imide groups is 1. The molecule has 0 unspecified atom stereocenters. The second-order valence-corrected chi connectivity index (χ2v) is 8.57. The van der Waals surface area contributed by atoms with E-state index in [1.54, 1.807) is 36.4 Å². The van der Waals surface area contributed by atoms with E-state index in [0.29, 0.717) is 47.4 Å². The van der Waals surface area contributed by atoms with Crippen molar-refractivity contribution in [2.75, 3.05) is 50.1 Å². The van der Waals surface area contributed by atoms with Crippen LogP contribution in [0.1, 0.15) is 31.1 Å². The third-order valence-electron chi connectivity index (χ3n) is 6.35. The monoisotopic (exact) mass is 456 g/mol. The maximum Gasteiger partial charge on any atom is 0.299 e. The second kappa shape index (κ2) is 8.39. The van der Waals surface area contributed by atoms with Gasteiger partial charge in [0.15, 0.2) is 0 Å². The topological polar surface area (TPSA) is 90.0 Å². The highest BCUT2D eigenvalue weighted by atomic mass is 16.2. The zero-order valence-corrected chi connectivity index (χ0v) is 19.0. The molecular formula is C26H24N4O4.